The standard InChI is InChI=1S/C3H6.C2H6Si.Zr/c2*1-3-2;/h2*1-2H3;. The van der Waals surface area contributed by atoms with Gasteiger partial charge < -0.3 is 0 Å². The van der Waals surface area contributed by atoms with E-state index in [9.17, 15) is 0 Å². The molecule has 0 fully saturated rings. The van der Waals surface area contributed by atoms with Crippen molar-refractivity contribution in [2.75, 3.05) is 0 Å². The van der Waals surface area contributed by atoms with Gasteiger partial charge in [0.1, 0.15) is 0 Å². The van der Waals surface area contributed by atoms with E-state index in [0.717, 1.165) is 0 Å². The van der Waals surface area contributed by atoms with Gasteiger partial charge >= 0.3 is 56.9 Å². The van der Waals surface area contributed by atoms with Crippen LogP contribution in [0.25, 0.3) is 0 Å². The second-order valence-corrected chi connectivity index (χ2v) is 16.1. The summed E-state index contributed by atoms with van der Waals surface area (Å²) in [6.45, 7) is 9.40. The minimum atomic E-state index is 0.0574. The maximum atomic E-state index is 2.42. The molecule has 0 aliphatic heterocycles. The molecule has 0 aliphatic carbocycles. The van der Waals surface area contributed by atoms with Gasteiger partial charge in [-0.05, 0) is 0 Å². The zero-order chi connectivity index (χ0) is 5.86. The van der Waals surface area contributed by atoms with Crippen LogP contribution in [0.15, 0.2) is 0 Å². The Kier molecular flexibility index (Phi) is 4.45. The summed E-state index contributed by atoms with van der Waals surface area (Å²) in [5, 5.41) is 0. The summed E-state index contributed by atoms with van der Waals surface area (Å²) in [5.74, 6) is 0. The third-order valence-electron chi connectivity index (χ3n) is 0.500. The Morgan fingerprint density at radius 1 is 1.29 bits per heavy atom. The minimum absolute atomic E-state index is 0.0574. The summed E-state index contributed by atoms with van der Waals surface area (Å²) in [6.07, 6.45) is 0. The fourth-order valence-electron chi connectivity index (χ4n) is 0.500. The average Bonchev–Trinajstić information content (AvgIpc) is 1.27. The Balaban J connectivity index is 4.13. The van der Waals surface area contributed by atoms with E-state index in [1.807, 2.05) is 0 Å². The number of hydrogen-bond acceptors (Lipinski definition) is 0. The maximum absolute atomic E-state index is 2.42. The Bertz CT molecular complexity index is 100. The Morgan fingerprint density at radius 2 is 1.71 bits per heavy atom. The molecule has 0 saturated heterocycles. The molecule has 0 aromatic rings. The first kappa shape index (κ1) is 7.97. The molecule has 0 heterocycles. The van der Waals surface area contributed by atoms with Gasteiger partial charge in [-0.2, -0.15) is 0 Å². The van der Waals surface area contributed by atoms with Crippen LogP contribution in [0.2, 0.25) is 13.1 Å². The molecule has 0 atom stereocenters. The molecule has 0 rings (SSSR count). The summed E-state index contributed by atoms with van der Waals surface area (Å²) in [7, 11) is 0. The van der Waals surface area contributed by atoms with E-state index in [-0.39, 0.29) is 26.8 Å². The Hall–Kier alpha value is 0.970. The SMILES string of the molecule is C[C](C)=[Zr]=[Si](C)C. The van der Waals surface area contributed by atoms with E-state index >= 15 is 0 Å². The molecule has 0 aromatic carbocycles. The van der Waals surface area contributed by atoms with Crippen LogP contribution in [0, 0.1) is 0 Å². The molecule has 0 N–H and O–H groups in total. The van der Waals surface area contributed by atoms with Crippen molar-refractivity contribution in [3.05, 3.63) is 0 Å². The molecule has 0 amide bonds. The van der Waals surface area contributed by atoms with Crippen molar-refractivity contribution in [3.8, 4) is 0 Å². The van der Waals surface area contributed by atoms with E-state index in [0.29, 0.717) is 0 Å². The van der Waals surface area contributed by atoms with Crippen LogP contribution in [0.4, 0.5) is 0 Å². The van der Waals surface area contributed by atoms with E-state index < -0.39 is 0 Å². The van der Waals surface area contributed by atoms with Crippen LogP contribution in [0.3, 0.4) is 0 Å². The predicted molar refractivity (Wildman–Crippen MR) is 33.8 cm³/mol. The van der Waals surface area contributed by atoms with E-state index in [1.54, 1.807) is 3.21 Å². The Morgan fingerprint density at radius 3 is 1.71 bits per heavy atom. The van der Waals surface area contributed by atoms with E-state index in [4.69, 9.17) is 0 Å². The van der Waals surface area contributed by atoms with Gasteiger partial charge in [0.15, 0.2) is 0 Å². The summed E-state index contributed by atoms with van der Waals surface area (Å²) >= 11 is 0.0574. The van der Waals surface area contributed by atoms with Crippen molar-refractivity contribution in [1.29, 1.82) is 0 Å². The molecule has 0 aliphatic rings. The van der Waals surface area contributed by atoms with E-state index in [2.05, 4.69) is 26.9 Å². The quantitative estimate of drug-likeness (QED) is 0.510. The topological polar surface area (TPSA) is 0 Å². The van der Waals surface area contributed by atoms with Crippen molar-refractivity contribution in [1.82, 2.24) is 0 Å². The second-order valence-electron chi connectivity index (χ2n) is 2.12. The van der Waals surface area contributed by atoms with Crippen LogP contribution < -0.4 is 0 Å². The van der Waals surface area contributed by atoms with Crippen LogP contribution in [0.5, 0.6) is 0 Å². The van der Waals surface area contributed by atoms with Gasteiger partial charge in [0, 0.05) is 0 Å². The van der Waals surface area contributed by atoms with Gasteiger partial charge in [0.05, 0.1) is 0 Å². The molecule has 0 unspecified atom stereocenters. The van der Waals surface area contributed by atoms with Crippen LogP contribution >= 0.6 is 0 Å². The molecule has 40 valence electrons. The molecular formula is C5H12SiZr. The molecule has 0 spiro atoms. The third-order valence-corrected chi connectivity index (χ3v) is 8.87. The average molecular weight is 191 g/mol. The van der Waals surface area contributed by atoms with Gasteiger partial charge in [-0.1, -0.05) is 0 Å². The predicted octanol–water partition coefficient (Wildman–Crippen LogP) is 1.53. The number of hydrogen-bond donors (Lipinski definition) is 0. The zero-order valence-corrected chi connectivity index (χ0v) is 8.96. The Labute approximate surface area is 56.9 Å². The van der Waals surface area contributed by atoms with Gasteiger partial charge in [-0.3, -0.25) is 0 Å². The van der Waals surface area contributed by atoms with Gasteiger partial charge in [0.25, 0.3) is 0 Å². The zero-order valence-electron chi connectivity index (χ0n) is 5.50. The monoisotopic (exact) mass is 190 g/mol. The van der Waals surface area contributed by atoms with E-state index in [1.165, 1.54) is 0 Å². The summed E-state index contributed by atoms with van der Waals surface area (Å²) < 4.78 is 1.75. The summed E-state index contributed by atoms with van der Waals surface area (Å²) in [6, 6.07) is 0. The van der Waals surface area contributed by atoms with Gasteiger partial charge in [0.2, 0.25) is 0 Å². The summed E-state index contributed by atoms with van der Waals surface area (Å²) in [5.41, 5.74) is 0.199. The van der Waals surface area contributed by atoms with Crippen molar-refractivity contribution in [2.45, 2.75) is 26.9 Å². The van der Waals surface area contributed by atoms with Gasteiger partial charge in [-0.25, -0.2) is 0 Å². The van der Waals surface area contributed by atoms with Crippen molar-refractivity contribution < 1.29 is 21.4 Å². The fourth-order valence-corrected chi connectivity index (χ4v) is 8.87. The fraction of sp³-hybridized carbons (Fsp3) is 0.800. The molecule has 0 saturated carbocycles. The summed E-state index contributed by atoms with van der Waals surface area (Å²) in [4.78, 5) is 0. The third kappa shape index (κ3) is 6.97. The van der Waals surface area contributed by atoms with Crippen LogP contribution in [-0.2, 0) is 21.4 Å². The van der Waals surface area contributed by atoms with Crippen molar-refractivity contribution in [2.24, 2.45) is 0 Å². The molecular weight excluding hydrogens is 179 g/mol. The molecule has 0 radical (unpaired) electrons. The first-order valence-electron chi connectivity index (χ1n) is 2.50. The number of rotatable bonds is 0. The molecule has 2 heteroatoms. The first-order chi connectivity index (χ1) is 3.13. The first-order valence-corrected chi connectivity index (χ1v) is 9.92. The van der Waals surface area contributed by atoms with Gasteiger partial charge in [-0.15, -0.1) is 0 Å². The normalized spacial score (nSPS) is 7.43. The van der Waals surface area contributed by atoms with Crippen LogP contribution in [0.1, 0.15) is 13.8 Å². The van der Waals surface area contributed by atoms with Crippen LogP contribution in [-0.4, -0.2) is 8.64 Å². The molecule has 0 nitrogen and oxygen atoms in total. The molecule has 7 heavy (non-hydrogen) atoms. The van der Waals surface area contributed by atoms with Crippen molar-refractivity contribution in [3.63, 3.8) is 0 Å². The second kappa shape index (κ2) is 3.91. The van der Waals surface area contributed by atoms with Crippen molar-refractivity contribution >= 4 is 8.64 Å². The molecule has 0 aromatic heterocycles. The molecule has 0 bridgehead atoms.